The average molecular weight is 540 g/mol. The van der Waals surface area contributed by atoms with Gasteiger partial charge in [0.2, 0.25) is 0 Å². The van der Waals surface area contributed by atoms with Crippen molar-refractivity contribution in [2.75, 3.05) is 5.75 Å². The second-order valence-corrected chi connectivity index (χ2v) is 11.2. The van der Waals surface area contributed by atoms with Crippen LogP contribution in [0.3, 0.4) is 0 Å². The van der Waals surface area contributed by atoms with Crippen molar-refractivity contribution in [2.24, 2.45) is 10.7 Å². The second kappa shape index (κ2) is 17.4. The van der Waals surface area contributed by atoms with Crippen LogP contribution in [0.2, 0.25) is 0 Å². The van der Waals surface area contributed by atoms with Crippen molar-refractivity contribution in [1.82, 2.24) is 4.37 Å². The minimum absolute atomic E-state index is 0.446. The highest BCUT2D eigenvalue weighted by molar-refractivity contribution is 7.98. The number of allylic oxidation sites excluding steroid dienone is 4. The first kappa shape index (κ1) is 31.1. The summed E-state index contributed by atoms with van der Waals surface area (Å²) in [6.07, 6.45) is 14.6. The van der Waals surface area contributed by atoms with E-state index in [2.05, 4.69) is 79.5 Å². The van der Waals surface area contributed by atoms with Crippen LogP contribution in [-0.4, -0.2) is 28.5 Å². The molecular formula is C31H45N3OS2. The van der Waals surface area contributed by atoms with Gasteiger partial charge in [0.05, 0.1) is 17.1 Å². The number of hydrogen-bond acceptors (Lipinski definition) is 6. The maximum absolute atomic E-state index is 6.18. The van der Waals surface area contributed by atoms with Crippen LogP contribution < -0.4 is 5.73 Å². The highest BCUT2D eigenvalue weighted by Gasteiger charge is 2.21. The molecule has 2 unspecified atom stereocenters. The molecule has 1 aromatic heterocycles. The van der Waals surface area contributed by atoms with E-state index < -0.39 is 0 Å². The monoisotopic (exact) mass is 539 g/mol. The van der Waals surface area contributed by atoms with E-state index >= 15 is 0 Å². The molecule has 4 nitrogen and oxygen atoms in total. The number of benzene rings is 1. The van der Waals surface area contributed by atoms with Crippen LogP contribution in [0.4, 0.5) is 0 Å². The number of aromatic nitrogens is 1. The second-order valence-electron chi connectivity index (χ2n) is 9.33. The van der Waals surface area contributed by atoms with Gasteiger partial charge in [-0.15, -0.1) is 0 Å². The van der Waals surface area contributed by atoms with Gasteiger partial charge in [0, 0.05) is 46.4 Å². The van der Waals surface area contributed by atoms with Crippen molar-refractivity contribution in [3.63, 3.8) is 0 Å². The molecule has 1 saturated heterocycles. The Balaban J connectivity index is 0.000000265. The van der Waals surface area contributed by atoms with Gasteiger partial charge < -0.3 is 10.5 Å². The lowest BCUT2D eigenvalue weighted by Gasteiger charge is -2.10. The Bertz CT molecular complexity index is 1050. The van der Waals surface area contributed by atoms with Gasteiger partial charge in [-0.1, -0.05) is 62.8 Å². The number of hydrogen-bond donors (Lipinski definition) is 1. The lowest BCUT2D eigenvalue weighted by molar-refractivity contribution is 0.0700. The van der Waals surface area contributed by atoms with Crippen LogP contribution in [0, 0.1) is 0 Å². The Morgan fingerprint density at radius 1 is 1.22 bits per heavy atom. The van der Waals surface area contributed by atoms with E-state index in [9.17, 15) is 0 Å². The van der Waals surface area contributed by atoms with Crippen LogP contribution in [0.5, 0.6) is 0 Å². The molecule has 1 aliphatic heterocycles. The number of thioether (sulfide) groups is 1. The summed E-state index contributed by atoms with van der Waals surface area (Å²) in [7, 11) is 0. The molecule has 3 rings (SSSR count). The summed E-state index contributed by atoms with van der Waals surface area (Å²) in [6.45, 7) is 12.5. The van der Waals surface area contributed by atoms with Crippen molar-refractivity contribution in [3.05, 3.63) is 76.8 Å². The molecule has 6 heteroatoms. The smallest absolute Gasteiger partial charge is 0.0670 e. The molecule has 2 heterocycles. The number of nitrogens with two attached hydrogens (primary N) is 1. The zero-order chi connectivity index (χ0) is 27.0. The fourth-order valence-corrected chi connectivity index (χ4v) is 5.88. The molecule has 202 valence electrons. The molecular weight excluding hydrogens is 494 g/mol. The number of nitrogens with zero attached hydrogens (tertiary/aromatic N) is 2. The molecule has 0 aliphatic carbocycles. The zero-order valence-corrected chi connectivity index (χ0v) is 25.1. The minimum atomic E-state index is 0.446. The third-order valence-electron chi connectivity index (χ3n) is 6.29. The van der Waals surface area contributed by atoms with E-state index in [1.54, 1.807) is 17.7 Å². The van der Waals surface area contributed by atoms with E-state index in [1.807, 2.05) is 31.8 Å². The van der Waals surface area contributed by atoms with E-state index in [1.165, 1.54) is 34.4 Å². The topological polar surface area (TPSA) is 60.5 Å². The van der Waals surface area contributed by atoms with Crippen molar-refractivity contribution < 1.29 is 4.74 Å². The predicted molar refractivity (Wildman–Crippen MR) is 165 cm³/mol. The molecule has 0 spiro atoms. The summed E-state index contributed by atoms with van der Waals surface area (Å²) < 4.78 is 10.2. The fourth-order valence-electron chi connectivity index (χ4n) is 3.96. The van der Waals surface area contributed by atoms with Gasteiger partial charge in [-0.25, -0.2) is 4.37 Å². The Hall–Kier alpha value is -2.15. The predicted octanol–water partition coefficient (Wildman–Crippen LogP) is 8.96. The van der Waals surface area contributed by atoms with Crippen LogP contribution in [0.15, 0.2) is 76.2 Å². The molecule has 0 bridgehead atoms. The van der Waals surface area contributed by atoms with Crippen LogP contribution >= 0.6 is 23.3 Å². The number of aliphatic imine (C=N–C) groups is 1. The molecule has 0 saturated carbocycles. The Morgan fingerprint density at radius 2 is 1.97 bits per heavy atom. The van der Waals surface area contributed by atoms with Crippen molar-refractivity contribution in [1.29, 1.82) is 0 Å². The van der Waals surface area contributed by atoms with Crippen molar-refractivity contribution >= 4 is 29.5 Å². The molecule has 0 amide bonds. The average Bonchev–Trinajstić information content (AvgIpc) is 3.55. The number of rotatable bonds is 11. The van der Waals surface area contributed by atoms with Gasteiger partial charge in [-0.2, -0.15) is 11.8 Å². The first-order valence-corrected chi connectivity index (χ1v) is 15.4. The van der Waals surface area contributed by atoms with Gasteiger partial charge >= 0.3 is 0 Å². The largest absolute Gasteiger partial charge is 0.398 e. The molecule has 1 aliphatic rings. The summed E-state index contributed by atoms with van der Waals surface area (Å²) >= 11 is 3.55. The van der Waals surface area contributed by atoms with Gasteiger partial charge in [-0.3, -0.25) is 4.99 Å². The summed E-state index contributed by atoms with van der Waals surface area (Å²) in [5, 5.41) is 0. The highest BCUT2D eigenvalue weighted by Crippen LogP contribution is 2.31. The lowest BCUT2D eigenvalue weighted by atomic mass is 10.0. The Morgan fingerprint density at radius 3 is 2.59 bits per heavy atom. The van der Waals surface area contributed by atoms with Crippen molar-refractivity contribution in [3.8, 4) is 10.4 Å². The summed E-state index contributed by atoms with van der Waals surface area (Å²) in [5.41, 5.74) is 12.9. The first-order chi connectivity index (χ1) is 17.9. The summed E-state index contributed by atoms with van der Waals surface area (Å²) in [6, 6.07) is 10.5. The van der Waals surface area contributed by atoms with E-state index in [-0.39, 0.29) is 0 Å². The molecule has 2 atom stereocenters. The van der Waals surface area contributed by atoms with Crippen molar-refractivity contribution in [2.45, 2.75) is 91.6 Å². The van der Waals surface area contributed by atoms with E-state index in [0.29, 0.717) is 12.2 Å². The number of unbranched alkanes of at least 4 members (excludes halogenated alkanes) is 1. The summed E-state index contributed by atoms with van der Waals surface area (Å²) in [5.74, 6) is 2.11. The molecule has 1 aromatic carbocycles. The molecule has 2 aromatic rings. The Kier molecular flexibility index (Phi) is 14.6. The SMILES string of the molecule is CC1CCC(CSCc2cnsc2-c2ccccc2)O1.CC=N/C(C)=C(/C=C\CCC)C(\N)=C(/C)CC. The normalized spacial score (nSPS) is 19.1. The van der Waals surface area contributed by atoms with Crippen LogP contribution in [-0.2, 0) is 10.5 Å². The molecule has 1 fully saturated rings. The van der Waals surface area contributed by atoms with E-state index in [4.69, 9.17) is 10.5 Å². The lowest BCUT2D eigenvalue weighted by Crippen LogP contribution is -2.10. The maximum atomic E-state index is 6.18. The molecule has 2 N–H and O–H groups in total. The fraction of sp³-hybridized carbons (Fsp3) is 0.484. The van der Waals surface area contributed by atoms with Gasteiger partial charge in [0.15, 0.2) is 0 Å². The zero-order valence-electron chi connectivity index (χ0n) is 23.5. The third kappa shape index (κ3) is 10.6. The maximum Gasteiger partial charge on any atom is 0.0670 e. The standard InChI is InChI=1S/C16H19NOS2.C15H26N2/c1-12-7-8-15(18-12)11-19-10-14-9-17-20-16(14)13-5-3-2-4-6-13;1-6-9-10-11-14(13(5)17-8-3)15(16)12(4)7-2/h2-6,9,12,15H,7-8,10-11H2,1H3;8,10-11H,6-7,9,16H2,1-5H3/b;11-10-,14-13-,15-12-,17-8?. The Labute approximate surface area is 233 Å². The first-order valence-electron chi connectivity index (χ1n) is 13.4. The van der Waals surface area contributed by atoms with Crippen LogP contribution in [0.25, 0.3) is 10.4 Å². The highest BCUT2D eigenvalue weighted by atomic mass is 32.2. The minimum Gasteiger partial charge on any atom is -0.398 e. The van der Waals surface area contributed by atoms with E-state index in [0.717, 1.165) is 47.7 Å². The van der Waals surface area contributed by atoms with Crippen LogP contribution in [0.1, 0.15) is 79.2 Å². The quantitative estimate of drug-likeness (QED) is 0.229. The molecule has 0 radical (unpaired) electrons. The molecule has 37 heavy (non-hydrogen) atoms. The van der Waals surface area contributed by atoms with Gasteiger partial charge in [0.1, 0.15) is 0 Å². The third-order valence-corrected chi connectivity index (χ3v) is 8.31. The van der Waals surface area contributed by atoms with Gasteiger partial charge in [-0.05, 0) is 76.0 Å². The number of ether oxygens (including phenoxy) is 1. The van der Waals surface area contributed by atoms with Gasteiger partial charge in [0.25, 0.3) is 0 Å². The summed E-state index contributed by atoms with van der Waals surface area (Å²) in [4.78, 5) is 5.64.